The highest BCUT2D eigenvalue weighted by Gasteiger charge is 2.71. The van der Waals surface area contributed by atoms with Gasteiger partial charge in [0.05, 0.1) is 4.88 Å². The van der Waals surface area contributed by atoms with Crippen LogP contribution >= 0.6 is 11.3 Å². The van der Waals surface area contributed by atoms with Gasteiger partial charge in [0.15, 0.2) is 5.01 Å². The van der Waals surface area contributed by atoms with Crippen molar-refractivity contribution in [1.29, 1.82) is 0 Å². The lowest BCUT2D eigenvalue weighted by Crippen LogP contribution is -2.54. The summed E-state index contributed by atoms with van der Waals surface area (Å²) in [5.41, 5.74) is -9.99. The second kappa shape index (κ2) is 13.1. The molecule has 43 heavy (non-hydrogen) atoms. The minimum Gasteiger partial charge on any atom is -0.369 e. The summed E-state index contributed by atoms with van der Waals surface area (Å²) in [6, 6.07) is 0.403. The van der Waals surface area contributed by atoms with E-state index in [9.17, 15) is 49.8 Å². The summed E-state index contributed by atoms with van der Waals surface area (Å²) >= 11 is 0.505. The molecule has 238 valence electrons. The summed E-state index contributed by atoms with van der Waals surface area (Å²) in [5.74, 6) is -1.47. The van der Waals surface area contributed by atoms with Gasteiger partial charge < -0.3 is 15.3 Å². The van der Waals surface area contributed by atoms with Crippen molar-refractivity contribution < 1.29 is 59.4 Å². The van der Waals surface area contributed by atoms with E-state index in [-0.39, 0.29) is 46.2 Å². The van der Waals surface area contributed by atoms with Crippen molar-refractivity contribution in [3.05, 3.63) is 40.0 Å². The number of thiazole rings is 1. The Morgan fingerprint density at radius 2 is 1.67 bits per heavy atom. The number of amides is 2. The first-order chi connectivity index (χ1) is 19.6. The van der Waals surface area contributed by atoms with Gasteiger partial charge in [-0.05, 0) is 31.2 Å². The van der Waals surface area contributed by atoms with E-state index in [1.807, 2.05) is 20.8 Å². The molecule has 1 aliphatic rings. The molecule has 1 aromatic carbocycles. The number of aliphatic hydroxyl groups is 1. The van der Waals surface area contributed by atoms with E-state index < -0.39 is 58.6 Å². The average Bonchev–Trinajstić information content (AvgIpc) is 3.51. The number of halogens is 8. The smallest absolute Gasteiger partial charge is 0.369 e. The molecule has 0 bridgehead atoms. The Kier molecular flexibility index (Phi) is 10.9. The molecule has 2 heterocycles. The third kappa shape index (κ3) is 7.75. The maximum Gasteiger partial charge on any atom is 0.430 e. The molecule has 8 nitrogen and oxygen atoms in total. The van der Waals surface area contributed by atoms with Crippen LogP contribution in [0.15, 0.2) is 18.2 Å². The Bertz CT molecular complexity index is 1350. The minimum atomic E-state index is -6.29. The van der Waals surface area contributed by atoms with Crippen LogP contribution in [-0.4, -0.2) is 64.4 Å². The average molecular weight is 646 g/mol. The predicted molar refractivity (Wildman–Crippen MR) is 135 cm³/mol. The lowest BCUT2D eigenvalue weighted by Gasteiger charge is -2.33. The molecule has 1 aromatic heterocycles. The van der Waals surface area contributed by atoms with E-state index in [1.54, 1.807) is 6.92 Å². The number of aromatic nitrogens is 1. The van der Waals surface area contributed by atoms with Crippen molar-refractivity contribution in [2.45, 2.75) is 71.0 Å². The first-order valence-electron chi connectivity index (χ1n) is 12.5. The van der Waals surface area contributed by atoms with Gasteiger partial charge in [0.25, 0.3) is 23.8 Å². The number of hydrogen-bond acceptors (Lipinski definition) is 7. The Morgan fingerprint density at radius 3 is 2.12 bits per heavy atom. The fourth-order valence-electron chi connectivity index (χ4n) is 4.20. The molecule has 1 atom stereocenters. The Hall–Kier alpha value is -3.43. The largest absolute Gasteiger partial charge is 0.430 e. The quantitative estimate of drug-likeness (QED) is 0.380. The lowest BCUT2D eigenvalue weighted by atomic mass is 9.89. The van der Waals surface area contributed by atoms with E-state index in [2.05, 4.69) is 10.3 Å². The second-order valence-corrected chi connectivity index (χ2v) is 11.8. The fourth-order valence-corrected chi connectivity index (χ4v) is 5.22. The molecule has 2 amide bonds. The third-order valence-corrected chi connectivity index (χ3v) is 7.47. The SMILES string of the molecule is C[C@H]1CCCN1C(=O)c1nc(C(=O)NCC(C)(C)C)sc1-c1ccc(C(O)(C(F)(F)F)C(F)(F)F)cc1C(F)F.O=C=O. The van der Waals surface area contributed by atoms with Crippen LogP contribution in [0.5, 0.6) is 0 Å². The van der Waals surface area contributed by atoms with E-state index in [4.69, 9.17) is 9.59 Å². The molecule has 0 saturated carbocycles. The number of hydrogen-bond donors (Lipinski definition) is 2. The highest BCUT2D eigenvalue weighted by atomic mass is 32.1. The molecule has 0 radical (unpaired) electrons. The molecule has 0 spiro atoms. The number of rotatable bonds is 6. The first-order valence-corrected chi connectivity index (χ1v) is 13.3. The van der Waals surface area contributed by atoms with Crippen LogP contribution in [0.3, 0.4) is 0 Å². The van der Waals surface area contributed by atoms with Gasteiger partial charge in [0.1, 0.15) is 5.69 Å². The zero-order chi connectivity index (χ0) is 33.1. The third-order valence-electron chi connectivity index (χ3n) is 6.39. The van der Waals surface area contributed by atoms with Crippen LogP contribution in [0.1, 0.15) is 78.4 Å². The van der Waals surface area contributed by atoms with Crippen molar-refractivity contribution in [3.63, 3.8) is 0 Å². The van der Waals surface area contributed by atoms with E-state index in [1.165, 1.54) is 4.90 Å². The molecular weight excluding hydrogens is 618 g/mol. The summed E-state index contributed by atoms with van der Waals surface area (Å²) in [7, 11) is 0. The van der Waals surface area contributed by atoms with Crippen molar-refractivity contribution >= 4 is 29.3 Å². The summed E-state index contributed by atoms with van der Waals surface area (Å²) < 4.78 is 109. The van der Waals surface area contributed by atoms with E-state index in [0.717, 1.165) is 0 Å². The Balaban J connectivity index is 0.00000206. The van der Waals surface area contributed by atoms with Crippen molar-refractivity contribution in [3.8, 4) is 10.4 Å². The molecule has 17 heteroatoms. The predicted octanol–water partition coefficient (Wildman–Crippen LogP) is 5.88. The summed E-state index contributed by atoms with van der Waals surface area (Å²) in [5, 5.41) is 12.0. The zero-order valence-electron chi connectivity index (χ0n) is 23.1. The molecule has 1 fully saturated rings. The molecule has 1 aliphatic heterocycles. The highest BCUT2D eigenvalue weighted by Crippen LogP contribution is 2.51. The number of alkyl halides is 8. The van der Waals surface area contributed by atoms with Gasteiger partial charge in [-0.1, -0.05) is 32.9 Å². The van der Waals surface area contributed by atoms with Gasteiger partial charge in [-0.2, -0.15) is 35.9 Å². The van der Waals surface area contributed by atoms with E-state index >= 15 is 0 Å². The maximum atomic E-state index is 14.2. The first kappa shape index (κ1) is 35.8. The Morgan fingerprint density at radius 1 is 1.12 bits per heavy atom. The van der Waals surface area contributed by atoms with Crippen molar-refractivity contribution in [2.24, 2.45) is 5.41 Å². The standard InChI is InChI=1S/C25H27F8N3O3S.CO2/c1-12-6-5-9-36(12)21(38)16-17(40-20(35-16)19(37)34-11-22(2,3)4)14-8-7-13(10-15(14)18(26)27)23(39,24(28,29)30)25(31,32)33;2-1-3/h7-8,10,12,18,39H,5-6,9,11H2,1-4H3,(H,34,37);/t12-;/m0./s1. The monoisotopic (exact) mass is 645 g/mol. The van der Waals surface area contributed by atoms with Crippen LogP contribution < -0.4 is 5.32 Å². The number of nitrogens with one attached hydrogen (secondary N) is 1. The van der Waals surface area contributed by atoms with Crippen molar-refractivity contribution in [1.82, 2.24) is 15.2 Å². The van der Waals surface area contributed by atoms with Crippen LogP contribution in [0.25, 0.3) is 10.4 Å². The molecule has 2 N–H and O–H groups in total. The van der Waals surface area contributed by atoms with Gasteiger partial charge in [-0.15, -0.1) is 11.3 Å². The van der Waals surface area contributed by atoms with Gasteiger partial charge in [0.2, 0.25) is 0 Å². The van der Waals surface area contributed by atoms with Gasteiger partial charge >= 0.3 is 18.5 Å². The summed E-state index contributed by atoms with van der Waals surface area (Å²) in [6.45, 7) is 7.69. The molecule has 3 rings (SSSR count). The molecule has 0 unspecified atom stereocenters. The van der Waals surface area contributed by atoms with E-state index in [0.29, 0.717) is 36.8 Å². The second-order valence-electron chi connectivity index (χ2n) is 10.8. The van der Waals surface area contributed by atoms with Gasteiger partial charge in [-0.3, -0.25) is 9.59 Å². The highest BCUT2D eigenvalue weighted by molar-refractivity contribution is 7.17. The maximum absolute atomic E-state index is 14.2. The topological polar surface area (TPSA) is 117 Å². The number of nitrogens with zero attached hydrogens (tertiary/aromatic N) is 2. The molecular formula is C26H27F8N3O5S. The summed E-state index contributed by atoms with van der Waals surface area (Å²) in [4.78, 5) is 47.6. The number of carbonyl (C=O) groups excluding carboxylic acids is 4. The van der Waals surface area contributed by atoms with Crippen LogP contribution in [0, 0.1) is 5.41 Å². The van der Waals surface area contributed by atoms with Crippen LogP contribution in [-0.2, 0) is 15.2 Å². The van der Waals surface area contributed by atoms with Crippen LogP contribution in [0.4, 0.5) is 35.1 Å². The number of likely N-dealkylation sites (tertiary alicyclic amines) is 1. The fraction of sp³-hybridized carbons (Fsp3) is 0.538. The van der Waals surface area contributed by atoms with Gasteiger partial charge in [-0.25, -0.2) is 13.8 Å². The minimum absolute atomic E-state index is 0.0905. The number of carbonyl (C=O) groups is 2. The van der Waals surface area contributed by atoms with Gasteiger partial charge in [0, 0.05) is 35.8 Å². The molecule has 0 aliphatic carbocycles. The van der Waals surface area contributed by atoms with Crippen LogP contribution in [0.2, 0.25) is 0 Å². The zero-order valence-corrected chi connectivity index (χ0v) is 23.9. The number of benzene rings is 1. The normalized spacial score (nSPS) is 16.0. The summed E-state index contributed by atoms with van der Waals surface area (Å²) in [6.07, 6.45) is -14.7. The Labute approximate surface area is 244 Å². The van der Waals surface area contributed by atoms with Crippen molar-refractivity contribution in [2.75, 3.05) is 13.1 Å². The molecule has 2 aromatic rings. The lowest BCUT2D eigenvalue weighted by molar-refractivity contribution is -0.376. The molecule has 1 saturated heterocycles.